The van der Waals surface area contributed by atoms with Gasteiger partial charge in [-0.25, -0.2) is 4.79 Å². The predicted molar refractivity (Wildman–Crippen MR) is 128 cm³/mol. The highest BCUT2D eigenvalue weighted by Crippen LogP contribution is 2.35. The Morgan fingerprint density at radius 1 is 1.18 bits per heavy atom. The van der Waals surface area contributed by atoms with Crippen molar-refractivity contribution >= 4 is 17.6 Å². The molecule has 2 unspecified atom stereocenters. The van der Waals surface area contributed by atoms with Crippen LogP contribution >= 0.6 is 11.6 Å². The van der Waals surface area contributed by atoms with E-state index in [0.29, 0.717) is 23.0 Å². The van der Waals surface area contributed by atoms with E-state index in [-0.39, 0.29) is 18.2 Å². The minimum Gasteiger partial charge on any atom is -0.495 e. The van der Waals surface area contributed by atoms with Crippen LogP contribution in [0.4, 0.5) is 4.79 Å². The van der Waals surface area contributed by atoms with Crippen molar-refractivity contribution in [2.24, 2.45) is 0 Å². The summed E-state index contributed by atoms with van der Waals surface area (Å²) >= 11 is 6.20. The normalized spacial score (nSPS) is 18.8. The second-order valence-corrected chi connectivity index (χ2v) is 8.58. The van der Waals surface area contributed by atoms with Crippen molar-refractivity contribution in [1.29, 1.82) is 0 Å². The molecule has 1 saturated heterocycles. The van der Waals surface area contributed by atoms with Gasteiger partial charge >= 0.3 is 6.03 Å². The first kappa shape index (κ1) is 23.2. The van der Waals surface area contributed by atoms with Crippen LogP contribution in [0.1, 0.15) is 13.8 Å². The van der Waals surface area contributed by atoms with Gasteiger partial charge in [0.25, 0.3) is 0 Å². The fourth-order valence-electron chi connectivity index (χ4n) is 4.11. The summed E-state index contributed by atoms with van der Waals surface area (Å²) in [5.74, 6) is 0.544. The van der Waals surface area contributed by atoms with Gasteiger partial charge in [0.1, 0.15) is 11.4 Å². The van der Waals surface area contributed by atoms with E-state index in [0.717, 1.165) is 36.3 Å². The SMILES string of the molecule is COc1cc(-c2nn(C(=O)NCCN3CC(C)OC(C)C3)cc2-c2ccncc2)ccc1Cl. The number of rotatable bonds is 6. The number of morpholine rings is 1. The lowest BCUT2D eigenvalue weighted by molar-refractivity contribution is -0.0672. The Kier molecular flexibility index (Phi) is 7.27. The molecule has 0 aliphatic carbocycles. The van der Waals surface area contributed by atoms with Gasteiger partial charge in [-0.2, -0.15) is 9.78 Å². The fourth-order valence-corrected chi connectivity index (χ4v) is 4.30. The molecule has 0 radical (unpaired) electrons. The Balaban J connectivity index is 1.54. The van der Waals surface area contributed by atoms with E-state index in [1.165, 1.54) is 4.68 Å². The number of amides is 1. The average Bonchev–Trinajstić information content (AvgIpc) is 3.25. The lowest BCUT2D eigenvalue weighted by atomic mass is 10.0. The van der Waals surface area contributed by atoms with Crippen molar-refractivity contribution in [2.45, 2.75) is 26.1 Å². The van der Waals surface area contributed by atoms with E-state index >= 15 is 0 Å². The van der Waals surface area contributed by atoms with Gasteiger partial charge in [0, 0.05) is 55.9 Å². The quantitative estimate of drug-likeness (QED) is 0.589. The molecule has 1 amide bonds. The average molecular weight is 470 g/mol. The second kappa shape index (κ2) is 10.3. The first-order chi connectivity index (χ1) is 15.9. The van der Waals surface area contributed by atoms with Crippen molar-refractivity contribution in [1.82, 2.24) is 25.0 Å². The van der Waals surface area contributed by atoms with Crippen molar-refractivity contribution < 1.29 is 14.3 Å². The lowest BCUT2D eigenvalue weighted by Crippen LogP contribution is -2.48. The highest BCUT2D eigenvalue weighted by molar-refractivity contribution is 6.32. The molecule has 33 heavy (non-hydrogen) atoms. The fraction of sp³-hybridized carbons (Fsp3) is 0.375. The molecular formula is C24H28ClN5O3. The molecule has 2 atom stereocenters. The highest BCUT2D eigenvalue weighted by Gasteiger charge is 2.22. The number of aromatic nitrogens is 3. The van der Waals surface area contributed by atoms with Crippen molar-refractivity contribution in [3.63, 3.8) is 0 Å². The zero-order valence-corrected chi connectivity index (χ0v) is 19.7. The van der Waals surface area contributed by atoms with E-state index in [1.54, 1.807) is 31.8 Å². The summed E-state index contributed by atoms with van der Waals surface area (Å²) in [6, 6.07) is 8.93. The molecule has 0 bridgehead atoms. The zero-order valence-electron chi connectivity index (χ0n) is 19.0. The number of hydrogen-bond donors (Lipinski definition) is 1. The van der Waals surface area contributed by atoms with Gasteiger partial charge in [-0.05, 0) is 43.7 Å². The molecule has 3 heterocycles. The van der Waals surface area contributed by atoms with Gasteiger partial charge < -0.3 is 14.8 Å². The van der Waals surface area contributed by atoms with E-state index < -0.39 is 0 Å². The molecule has 2 aromatic heterocycles. The van der Waals surface area contributed by atoms with Crippen LogP contribution in [0.15, 0.2) is 48.9 Å². The summed E-state index contributed by atoms with van der Waals surface area (Å²) in [4.78, 5) is 19.3. The first-order valence-corrected chi connectivity index (χ1v) is 11.3. The summed E-state index contributed by atoms with van der Waals surface area (Å²) < 4.78 is 12.5. The molecule has 1 aliphatic heterocycles. The van der Waals surface area contributed by atoms with Gasteiger partial charge in [0.05, 0.1) is 24.3 Å². The monoisotopic (exact) mass is 469 g/mol. The Morgan fingerprint density at radius 2 is 1.91 bits per heavy atom. The molecule has 174 valence electrons. The summed E-state index contributed by atoms with van der Waals surface area (Å²) in [7, 11) is 1.57. The molecule has 1 N–H and O–H groups in total. The molecule has 9 heteroatoms. The van der Waals surface area contributed by atoms with Crippen LogP contribution < -0.4 is 10.1 Å². The third-order valence-electron chi connectivity index (χ3n) is 5.54. The Morgan fingerprint density at radius 3 is 2.61 bits per heavy atom. The van der Waals surface area contributed by atoms with Crippen molar-refractivity contribution in [3.05, 3.63) is 53.9 Å². The van der Waals surface area contributed by atoms with E-state index in [9.17, 15) is 4.79 Å². The molecule has 1 fully saturated rings. The molecule has 3 aromatic rings. The van der Waals surface area contributed by atoms with Crippen molar-refractivity contribution in [3.8, 4) is 28.1 Å². The molecule has 1 aliphatic rings. The van der Waals surface area contributed by atoms with Crippen LogP contribution in [-0.2, 0) is 4.74 Å². The van der Waals surface area contributed by atoms with E-state index in [2.05, 4.69) is 34.1 Å². The summed E-state index contributed by atoms with van der Waals surface area (Å²) in [5, 5.41) is 8.09. The van der Waals surface area contributed by atoms with Crippen LogP contribution in [0.2, 0.25) is 5.02 Å². The number of halogens is 1. The van der Waals surface area contributed by atoms with Gasteiger partial charge in [-0.1, -0.05) is 17.7 Å². The molecular weight excluding hydrogens is 442 g/mol. The van der Waals surface area contributed by atoms with Crippen LogP contribution in [0.3, 0.4) is 0 Å². The number of nitrogens with one attached hydrogen (secondary N) is 1. The minimum absolute atomic E-state index is 0.192. The largest absolute Gasteiger partial charge is 0.495 e. The third kappa shape index (κ3) is 5.52. The van der Waals surface area contributed by atoms with E-state index in [4.69, 9.17) is 21.1 Å². The molecule has 4 rings (SSSR count). The number of hydrogen-bond acceptors (Lipinski definition) is 6. The van der Waals surface area contributed by atoms with E-state index in [1.807, 2.05) is 24.3 Å². The minimum atomic E-state index is -0.285. The van der Waals surface area contributed by atoms with Crippen LogP contribution in [0.25, 0.3) is 22.4 Å². The predicted octanol–water partition coefficient (Wildman–Crippen LogP) is 3.94. The Hall–Kier alpha value is -2.94. The number of pyridine rings is 1. The zero-order chi connectivity index (χ0) is 23.4. The first-order valence-electron chi connectivity index (χ1n) is 10.9. The smallest absolute Gasteiger partial charge is 0.342 e. The van der Waals surface area contributed by atoms with Gasteiger partial charge in [-0.15, -0.1) is 0 Å². The van der Waals surface area contributed by atoms with Crippen molar-refractivity contribution in [2.75, 3.05) is 33.3 Å². The maximum atomic E-state index is 12.9. The maximum Gasteiger partial charge on any atom is 0.342 e. The molecule has 0 spiro atoms. The molecule has 1 aromatic carbocycles. The second-order valence-electron chi connectivity index (χ2n) is 8.17. The van der Waals surface area contributed by atoms with Gasteiger partial charge in [0.15, 0.2) is 0 Å². The van der Waals surface area contributed by atoms with Crippen LogP contribution in [0.5, 0.6) is 5.75 Å². The Labute approximate surface area is 198 Å². The topological polar surface area (TPSA) is 81.5 Å². The van der Waals surface area contributed by atoms with Gasteiger partial charge in [0.2, 0.25) is 0 Å². The Bertz CT molecular complexity index is 1090. The summed E-state index contributed by atoms with van der Waals surface area (Å²) in [5.41, 5.74) is 3.17. The van der Waals surface area contributed by atoms with Crippen LogP contribution in [-0.4, -0.2) is 71.2 Å². The number of carbonyl (C=O) groups is 1. The van der Waals surface area contributed by atoms with Gasteiger partial charge in [-0.3, -0.25) is 9.88 Å². The number of benzene rings is 1. The maximum absolute atomic E-state index is 12.9. The number of nitrogens with zero attached hydrogens (tertiary/aromatic N) is 4. The number of methoxy groups -OCH3 is 1. The highest BCUT2D eigenvalue weighted by atomic mass is 35.5. The lowest BCUT2D eigenvalue weighted by Gasteiger charge is -2.35. The summed E-state index contributed by atoms with van der Waals surface area (Å²) in [6.07, 6.45) is 5.54. The molecule has 0 saturated carbocycles. The summed E-state index contributed by atoms with van der Waals surface area (Å²) in [6.45, 7) is 7.13. The third-order valence-corrected chi connectivity index (χ3v) is 5.85. The van der Waals surface area contributed by atoms with Crippen LogP contribution in [0, 0.1) is 0 Å². The molecule has 8 nitrogen and oxygen atoms in total. The standard InChI is InChI=1S/C24H28ClN5O3/c1-16-13-29(14-17(2)33-16)11-10-27-24(31)30-15-20(18-6-8-26-9-7-18)23(28-30)19-4-5-21(25)22(12-19)32-3/h4-9,12,15-17H,10-11,13-14H2,1-3H3,(H,27,31). The number of ether oxygens (including phenoxy) is 2. The number of carbonyl (C=O) groups excluding carboxylic acids is 1.